The number of rotatable bonds is 1. The number of halogens is 1. The van der Waals surface area contributed by atoms with E-state index in [0.717, 1.165) is 31.7 Å². The van der Waals surface area contributed by atoms with Crippen LogP contribution in [0.25, 0.3) is 0 Å². The van der Waals surface area contributed by atoms with Crippen LogP contribution in [0.5, 0.6) is 0 Å². The van der Waals surface area contributed by atoms with E-state index in [0.29, 0.717) is 17.1 Å². The molecule has 5 heteroatoms. The van der Waals surface area contributed by atoms with Gasteiger partial charge in [-0.2, -0.15) is 5.26 Å². The quantitative estimate of drug-likeness (QED) is 0.791. The van der Waals surface area contributed by atoms with Gasteiger partial charge in [-0.25, -0.2) is 0 Å². The van der Waals surface area contributed by atoms with Crippen molar-refractivity contribution in [1.29, 1.82) is 5.26 Å². The average Bonchev–Trinajstić information content (AvgIpc) is 2.64. The number of amides is 1. The Morgan fingerprint density at radius 3 is 2.79 bits per heavy atom. The number of nitrogens with zero attached hydrogens (tertiary/aromatic N) is 3. The van der Waals surface area contributed by atoms with Crippen LogP contribution in [-0.4, -0.2) is 37.0 Å². The van der Waals surface area contributed by atoms with Gasteiger partial charge in [0.15, 0.2) is 0 Å². The van der Waals surface area contributed by atoms with Crippen molar-refractivity contribution in [3.8, 4) is 6.07 Å². The van der Waals surface area contributed by atoms with Gasteiger partial charge in [0.1, 0.15) is 6.07 Å². The van der Waals surface area contributed by atoms with Gasteiger partial charge in [-0.1, -0.05) is 17.7 Å². The summed E-state index contributed by atoms with van der Waals surface area (Å²) in [6.45, 7) is 4.62. The van der Waals surface area contributed by atoms with Crippen LogP contribution >= 0.6 is 11.6 Å². The lowest BCUT2D eigenvalue weighted by Crippen LogP contribution is -2.33. The summed E-state index contributed by atoms with van der Waals surface area (Å²) in [5, 5.41) is 9.69. The molecular formula is C14H16ClN3O. The van der Waals surface area contributed by atoms with Gasteiger partial charge in [-0.05, 0) is 18.6 Å². The summed E-state index contributed by atoms with van der Waals surface area (Å²) in [5.41, 5.74) is 1.38. The van der Waals surface area contributed by atoms with Gasteiger partial charge in [0.05, 0.1) is 16.3 Å². The molecule has 2 rings (SSSR count). The van der Waals surface area contributed by atoms with Gasteiger partial charge >= 0.3 is 0 Å². The maximum atomic E-state index is 11.4. The fraction of sp³-hybridized carbons (Fsp3) is 0.429. The molecule has 1 aliphatic rings. The Morgan fingerprint density at radius 2 is 2.11 bits per heavy atom. The second-order valence-corrected chi connectivity index (χ2v) is 5.00. The summed E-state index contributed by atoms with van der Waals surface area (Å²) >= 11 is 6.05. The number of carbonyl (C=O) groups excluding carboxylic acids is 1. The molecule has 1 heterocycles. The molecule has 0 spiro atoms. The molecule has 0 aromatic heterocycles. The predicted molar refractivity (Wildman–Crippen MR) is 75.3 cm³/mol. The van der Waals surface area contributed by atoms with Gasteiger partial charge < -0.3 is 9.80 Å². The van der Waals surface area contributed by atoms with Crippen LogP contribution in [0.3, 0.4) is 0 Å². The zero-order valence-electron chi connectivity index (χ0n) is 10.9. The Morgan fingerprint density at radius 1 is 1.32 bits per heavy atom. The smallest absolute Gasteiger partial charge is 0.219 e. The number of hydrogen-bond donors (Lipinski definition) is 0. The van der Waals surface area contributed by atoms with E-state index in [1.807, 2.05) is 17.0 Å². The maximum Gasteiger partial charge on any atom is 0.219 e. The van der Waals surface area contributed by atoms with E-state index < -0.39 is 0 Å². The van der Waals surface area contributed by atoms with Crippen LogP contribution in [0.4, 0.5) is 5.69 Å². The molecule has 0 aliphatic carbocycles. The van der Waals surface area contributed by atoms with Crippen LogP contribution in [0.15, 0.2) is 18.2 Å². The summed E-state index contributed by atoms with van der Waals surface area (Å²) < 4.78 is 0. The fourth-order valence-electron chi connectivity index (χ4n) is 2.36. The normalized spacial score (nSPS) is 15.8. The second-order valence-electron chi connectivity index (χ2n) is 4.59. The van der Waals surface area contributed by atoms with E-state index in [9.17, 15) is 10.1 Å². The first-order valence-electron chi connectivity index (χ1n) is 6.32. The van der Waals surface area contributed by atoms with Gasteiger partial charge in [-0.3, -0.25) is 4.79 Å². The number of nitriles is 1. The lowest BCUT2D eigenvalue weighted by molar-refractivity contribution is -0.128. The van der Waals surface area contributed by atoms with Crippen molar-refractivity contribution in [2.45, 2.75) is 13.3 Å². The third-order valence-corrected chi connectivity index (χ3v) is 3.70. The first-order valence-corrected chi connectivity index (χ1v) is 6.70. The van der Waals surface area contributed by atoms with Crippen LogP contribution in [0.1, 0.15) is 18.9 Å². The molecule has 1 saturated heterocycles. The molecule has 100 valence electrons. The first-order chi connectivity index (χ1) is 9.13. The highest BCUT2D eigenvalue weighted by Gasteiger charge is 2.19. The number of hydrogen-bond acceptors (Lipinski definition) is 3. The molecule has 0 saturated carbocycles. The maximum absolute atomic E-state index is 11.4. The van der Waals surface area contributed by atoms with Crippen molar-refractivity contribution in [2.24, 2.45) is 0 Å². The highest BCUT2D eigenvalue weighted by Crippen LogP contribution is 2.27. The minimum atomic E-state index is 0.105. The molecule has 1 fully saturated rings. The molecular weight excluding hydrogens is 262 g/mol. The van der Waals surface area contributed by atoms with E-state index in [1.165, 1.54) is 0 Å². The van der Waals surface area contributed by atoms with Crippen molar-refractivity contribution in [1.82, 2.24) is 4.90 Å². The minimum absolute atomic E-state index is 0.105. The first kappa shape index (κ1) is 13.7. The van der Waals surface area contributed by atoms with Gasteiger partial charge in [0.2, 0.25) is 5.91 Å². The topological polar surface area (TPSA) is 47.3 Å². The van der Waals surface area contributed by atoms with Crippen molar-refractivity contribution < 1.29 is 4.79 Å². The largest absolute Gasteiger partial charge is 0.369 e. The Labute approximate surface area is 118 Å². The van der Waals surface area contributed by atoms with E-state index in [1.54, 1.807) is 13.0 Å². The second kappa shape index (κ2) is 5.94. The predicted octanol–water partition coefficient (Wildman–Crippen LogP) is 2.27. The summed E-state index contributed by atoms with van der Waals surface area (Å²) in [7, 11) is 0. The van der Waals surface area contributed by atoms with Crippen LogP contribution in [-0.2, 0) is 4.79 Å². The number of carbonyl (C=O) groups is 1. The molecule has 0 N–H and O–H groups in total. The van der Waals surface area contributed by atoms with Gasteiger partial charge in [-0.15, -0.1) is 0 Å². The fourth-order valence-corrected chi connectivity index (χ4v) is 2.57. The number of benzene rings is 1. The van der Waals surface area contributed by atoms with Crippen molar-refractivity contribution in [2.75, 3.05) is 31.1 Å². The molecule has 19 heavy (non-hydrogen) atoms. The highest BCUT2D eigenvalue weighted by atomic mass is 35.5. The van der Waals surface area contributed by atoms with E-state index >= 15 is 0 Å². The van der Waals surface area contributed by atoms with Crippen LogP contribution in [0.2, 0.25) is 5.02 Å². The molecule has 0 unspecified atom stereocenters. The molecule has 1 aromatic carbocycles. The van der Waals surface area contributed by atoms with E-state index in [4.69, 9.17) is 11.6 Å². The van der Waals surface area contributed by atoms with Crippen molar-refractivity contribution in [3.05, 3.63) is 28.8 Å². The van der Waals surface area contributed by atoms with Crippen LogP contribution in [0, 0.1) is 11.3 Å². The molecule has 0 bridgehead atoms. The van der Waals surface area contributed by atoms with Crippen molar-refractivity contribution >= 4 is 23.2 Å². The average molecular weight is 278 g/mol. The molecule has 0 atom stereocenters. The van der Waals surface area contributed by atoms with Gasteiger partial charge in [0, 0.05) is 33.1 Å². The molecule has 1 amide bonds. The van der Waals surface area contributed by atoms with Crippen molar-refractivity contribution in [3.63, 3.8) is 0 Å². The highest BCUT2D eigenvalue weighted by molar-refractivity contribution is 6.32. The lowest BCUT2D eigenvalue weighted by Gasteiger charge is -2.24. The summed E-state index contributed by atoms with van der Waals surface area (Å²) in [6, 6.07) is 7.65. The monoisotopic (exact) mass is 277 g/mol. The third-order valence-electron chi connectivity index (χ3n) is 3.39. The summed E-state index contributed by atoms with van der Waals surface area (Å²) in [6.07, 6.45) is 0.900. The van der Waals surface area contributed by atoms with Gasteiger partial charge in [0.25, 0.3) is 0 Å². The minimum Gasteiger partial charge on any atom is -0.369 e. The standard InChI is InChI=1S/C14H16ClN3O/c1-11(19)17-6-3-7-18(9-8-17)14-5-2-4-13(15)12(14)10-16/h2,4-5H,3,6-9H2,1H3. The third kappa shape index (κ3) is 2.99. The summed E-state index contributed by atoms with van der Waals surface area (Å²) in [4.78, 5) is 15.4. The Kier molecular flexibility index (Phi) is 4.28. The van der Waals surface area contributed by atoms with E-state index in [2.05, 4.69) is 11.0 Å². The summed E-state index contributed by atoms with van der Waals surface area (Å²) in [5.74, 6) is 0.105. The lowest BCUT2D eigenvalue weighted by atomic mass is 10.1. The van der Waals surface area contributed by atoms with E-state index in [-0.39, 0.29) is 5.91 Å². The zero-order chi connectivity index (χ0) is 13.8. The Balaban J connectivity index is 2.22. The Bertz CT molecular complexity index is 524. The molecule has 1 aliphatic heterocycles. The molecule has 0 radical (unpaired) electrons. The Hall–Kier alpha value is -1.73. The molecule has 1 aromatic rings. The zero-order valence-corrected chi connectivity index (χ0v) is 11.7. The van der Waals surface area contributed by atoms with Crippen LogP contribution < -0.4 is 4.90 Å². The number of anilines is 1. The SMILES string of the molecule is CC(=O)N1CCCN(c2cccc(Cl)c2C#N)CC1. The molecule has 4 nitrogen and oxygen atoms in total.